The van der Waals surface area contributed by atoms with E-state index in [-0.39, 0.29) is 0 Å². The molecular formula is C16H24N4. The summed E-state index contributed by atoms with van der Waals surface area (Å²) in [4.78, 5) is 6.64. The van der Waals surface area contributed by atoms with Gasteiger partial charge in [-0.25, -0.2) is 4.99 Å². The van der Waals surface area contributed by atoms with E-state index in [1.54, 1.807) is 0 Å². The van der Waals surface area contributed by atoms with Crippen molar-refractivity contribution in [3.05, 3.63) is 29.3 Å². The lowest BCUT2D eigenvalue weighted by atomic mass is 10.1. The Morgan fingerprint density at radius 2 is 2.10 bits per heavy atom. The third-order valence-electron chi connectivity index (χ3n) is 2.95. The zero-order valence-corrected chi connectivity index (χ0v) is 12.8. The second-order valence-electron chi connectivity index (χ2n) is 4.76. The Morgan fingerprint density at radius 3 is 2.65 bits per heavy atom. The molecule has 0 atom stereocenters. The largest absolute Gasteiger partial charge is 0.378 e. The van der Waals surface area contributed by atoms with Gasteiger partial charge in [0, 0.05) is 26.3 Å². The number of terminal acetylenes is 1. The van der Waals surface area contributed by atoms with Gasteiger partial charge in [-0.3, -0.25) is 0 Å². The van der Waals surface area contributed by atoms with Gasteiger partial charge in [0.25, 0.3) is 0 Å². The molecule has 0 heterocycles. The van der Waals surface area contributed by atoms with E-state index < -0.39 is 0 Å². The molecule has 1 aromatic carbocycles. The first kappa shape index (κ1) is 15.9. The number of anilines is 1. The highest BCUT2D eigenvalue weighted by Gasteiger charge is 2.02. The van der Waals surface area contributed by atoms with Crippen LogP contribution in [0.2, 0.25) is 0 Å². The number of rotatable bonds is 5. The molecule has 1 aromatic rings. The second-order valence-corrected chi connectivity index (χ2v) is 4.76. The molecule has 0 unspecified atom stereocenters. The van der Waals surface area contributed by atoms with Crippen molar-refractivity contribution in [2.45, 2.75) is 20.4 Å². The van der Waals surface area contributed by atoms with Crippen LogP contribution in [0.15, 0.2) is 23.2 Å². The topological polar surface area (TPSA) is 39.7 Å². The fraction of sp³-hybridized carbons (Fsp3) is 0.438. The van der Waals surface area contributed by atoms with Crippen molar-refractivity contribution >= 4 is 11.6 Å². The van der Waals surface area contributed by atoms with Crippen LogP contribution < -0.4 is 15.5 Å². The summed E-state index contributed by atoms with van der Waals surface area (Å²) < 4.78 is 0. The minimum absolute atomic E-state index is 0.477. The molecule has 0 aliphatic carbocycles. The molecule has 20 heavy (non-hydrogen) atoms. The normalized spacial score (nSPS) is 10.8. The molecule has 0 aromatic heterocycles. The van der Waals surface area contributed by atoms with Crippen LogP contribution in [0, 0.1) is 19.3 Å². The van der Waals surface area contributed by atoms with Crippen LogP contribution in [0.1, 0.15) is 18.1 Å². The number of guanidine groups is 1. The second kappa shape index (κ2) is 8.11. The van der Waals surface area contributed by atoms with Crippen LogP contribution in [-0.4, -0.2) is 33.1 Å². The molecule has 108 valence electrons. The Bertz CT molecular complexity index is 498. The maximum Gasteiger partial charge on any atom is 0.192 e. The van der Waals surface area contributed by atoms with Crippen molar-refractivity contribution in [2.24, 2.45) is 4.99 Å². The highest BCUT2D eigenvalue weighted by Crippen LogP contribution is 2.17. The zero-order valence-electron chi connectivity index (χ0n) is 12.8. The monoisotopic (exact) mass is 272 g/mol. The van der Waals surface area contributed by atoms with Crippen molar-refractivity contribution in [2.75, 3.05) is 32.1 Å². The van der Waals surface area contributed by atoms with Gasteiger partial charge < -0.3 is 15.5 Å². The van der Waals surface area contributed by atoms with E-state index in [9.17, 15) is 0 Å². The molecule has 0 saturated carbocycles. The summed E-state index contributed by atoms with van der Waals surface area (Å²) in [5.74, 6) is 3.30. The molecule has 0 saturated heterocycles. The quantitative estimate of drug-likeness (QED) is 0.487. The molecule has 2 N–H and O–H groups in total. The van der Waals surface area contributed by atoms with Crippen LogP contribution in [0.4, 0.5) is 5.69 Å². The molecule has 0 fully saturated rings. The summed E-state index contributed by atoms with van der Waals surface area (Å²) >= 11 is 0. The molecular weight excluding hydrogens is 248 g/mol. The van der Waals surface area contributed by atoms with Crippen molar-refractivity contribution in [3.63, 3.8) is 0 Å². The lowest BCUT2D eigenvalue weighted by Crippen LogP contribution is -2.37. The molecule has 0 spiro atoms. The maximum atomic E-state index is 5.25. The molecule has 0 aliphatic heterocycles. The zero-order chi connectivity index (χ0) is 15.0. The average Bonchev–Trinajstić information content (AvgIpc) is 2.42. The Labute approximate surface area is 122 Å². The molecule has 0 bridgehead atoms. The van der Waals surface area contributed by atoms with Gasteiger partial charge >= 0.3 is 0 Å². The van der Waals surface area contributed by atoms with E-state index >= 15 is 0 Å². The SMILES string of the molecule is C#CCNC(=NCc1ccc(N(C)C)cc1C)NCC. The first-order chi connectivity index (χ1) is 9.58. The van der Waals surface area contributed by atoms with Gasteiger partial charge in [0.2, 0.25) is 0 Å². The van der Waals surface area contributed by atoms with Crippen molar-refractivity contribution in [3.8, 4) is 12.3 Å². The van der Waals surface area contributed by atoms with Gasteiger partial charge in [0.1, 0.15) is 0 Å². The predicted molar refractivity (Wildman–Crippen MR) is 87.2 cm³/mol. The van der Waals surface area contributed by atoms with Gasteiger partial charge in [-0.15, -0.1) is 6.42 Å². The van der Waals surface area contributed by atoms with Crippen molar-refractivity contribution < 1.29 is 0 Å². The van der Waals surface area contributed by atoms with Crippen molar-refractivity contribution in [1.29, 1.82) is 0 Å². The number of nitrogens with one attached hydrogen (secondary N) is 2. The first-order valence-electron chi connectivity index (χ1n) is 6.81. The standard InChI is InChI=1S/C16H24N4/c1-6-10-18-16(17-7-2)19-12-14-8-9-15(20(4)5)11-13(14)3/h1,8-9,11H,7,10,12H2,2-5H3,(H2,17,18,19). The molecule has 4 heteroatoms. The van der Waals surface area contributed by atoms with Crippen LogP contribution >= 0.6 is 0 Å². The fourth-order valence-corrected chi connectivity index (χ4v) is 1.78. The molecule has 1 rings (SSSR count). The highest BCUT2D eigenvalue weighted by atomic mass is 15.2. The number of hydrogen-bond donors (Lipinski definition) is 2. The summed E-state index contributed by atoms with van der Waals surface area (Å²) in [6, 6.07) is 6.41. The number of hydrogen-bond acceptors (Lipinski definition) is 2. The van der Waals surface area contributed by atoms with E-state index in [0.717, 1.165) is 12.5 Å². The smallest absolute Gasteiger partial charge is 0.192 e. The number of aryl methyl sites for hydroxylation is 1. The van der Waals surface area contributed by atoms with Crippen LogP contribution in [0.3, 0.4) is 0 Å². The Kier molecular flexibility index (Phi) is 6.45. The highest BCUT2D eigenvalue weighted by molar-refractivity contribution is 5.80. The third-order valence-corrected chi connectivity index (χ3v) is 2.95. The Morgan fingerprint density at radius 1 is 1.35 bits per heavy atom. The van der Waals surface area contributed by atoms with Crippen LogP contribution in [0.5, 0.6) is 0 Å². The number of nitrogens with zero attached hydrogens (tertiary/aromatic N) is 2. The van der Waals surface area contributed by atoms with Gasteiger partial charge in [-0.1, -0.05) is 12.0 Å². The van der Waals surface area contributed by atoms with Crippen LogP contribution in [-0.2, 0) is 6.54 Å². The summed E-state index contributed by atoms with van der Waals surface area (Å²) in [7, 11) is 4.08. The van der Waals surface area contributed by atoms with Crippen molar-refractivity contribution in [1.82, 2.24) is 10.6 Å². The molecule has 0 radical (unpaired) electrons. The van der Waals surface area contributed by atoms with Gasteiger partial charge in [0.15, 0.2) is 5.96 Å². The minimum Gasteiger partial charge on any atom is -0.378 e. The summed E-state index contributed by atoms with van der Waals surface area (Å²) in [5, 5.41) is 6.26. The van der Waals surface area contributed by atoms with Gasteiger partial charge in [-0.2, -0.15) is 0 Å². The Hall–Kier alpha value is -2.15. The lowest BCUT2D eigenvalue weighted by molar-refractivity contribution is 0.863. The Balaban J connectivity index is 2.78. The molecule has 4 nitrogen and oxygen atoms in total. The van der Waals surface area contributed by atoms with Gasteiger partial charge in [-0.05, 0) is 37.1 Å². The lowest BCUT2D eigenvalue weighted by Gasteiger charge is -2.15. The average molecular weight is 272 g/mol. The fourth-order valence-electron chi connectivity index (χ4n) is 1.78. The minimum atomic E-state index is 0.477. The van der Waals surface area contributed by atoms with Crippen LogP contribution in [0.25, 0.3) is 0 Å². The maximum absolute atomic E-state index is 5.25. The summed E-state index contributed by atoms with van der Waals surface area (Å²) in [5.41, 5.74) is 3.66. The molecule has 0 amide bonds. The van der Waals surface area contributed by atoms with E-state index in [4.69, 9.17) is 6.42 Å². The third kappa shape index (κ3) is 4.85. The van der Waals surface area contributed by atoms with E-state index in [1.807, 2.05) is 21.0 Å². The molecule has 0 aliphatic rings. The summed E-state index contributed by atoms with van der Waals surface area (Å²) in [6.07, 6.45) is 5.25. The van der Waals surface area contributed by atoms with E-state index in [1.165, 1.54) is 16.8 Å². The van der Waals surface area contributed by atoms with Gasteiger partial charge in [0.05, 0.1) is 13.1 Å². The number of benzene rings is 1. The van der Waals surface area contributed by atoms with E-state index in [0.29, 0.717) is 13.1 Å². The first-order valence-corrected chi connectivity index (χ1v) is 6.81. The predicted octanol–water partition coefficient (Wildman–Crippen LogP) is 1.75. The number of aliphatic imine (C=N–C) groups is 1. The summed E-state index contributed by atoms with van der Waals surface area (Å²) in [6.45, 7) is 6.07. The van der Waals surface area contributed by atoms with E-state index in [2.05, 4.69) is 51.6 Å².